The van der Waals surface area contributed by atoms with E-state index in [1.807, 2.05) is 66.1 Å². The number of aliphatic hydroxyl groups is 1. The quantitative estimate of drug-likeness (QED) is 0.739. The molecule has 1 heterocycles. The van der Waals surface area contributed by atoms with Crippen molar-refractivity contribution < 1.29 is 5.11 Å². The lowest BCUT2D eigenvalue weighted by Crippen LogP contribution is -2.10. The van der Waals surface area contributed by atoms with E-state index in [1.54, 1.807) is 0 Å². The summed E-state index contributed by atoms with van der Waals surface area (Å²) in [6.07, 6.45) is -0.738. The average molecular weight is 278 g/mol. The van der Waals surface area contributed by atoms with E-state index in [-0.39, 0.29) is 0 Å². The highest BCUT2D eigenvalue weighted by Crippen LogP contribution is 2.26. The molecule has 0 amide bonds. The molecule has 3 nitrogen and oxygen atoms in total. The standard InChI is InChI=1S/C18H18N2O/c1-13(2)12-20-16-11-7-6-10-15(16)19-18(20)17(21)14-8-4-3-5-9-14/h3-11,17,21H,1,12H2,2H3. The zero-order valence-electron chi connectivity index (χ0n) is 12.0. The summed E-state index contributed by atoms with van der Waals surface area (Å²) in [5.41, 5.74) is 3.78. The minimum absolute atomic E-state index is 0.653. The minimum atomic E-state index is -0.738. The number of fused-ring (bicyclic) bond motifs is 1. The molecule has 1 N–H and O–H groups in total. The van der Waals surface area contributed by atoms with Crippen LogP contribution in [0.5, 0.6) is 0 Å². The van der Waals surface area contributed by atoms with Crippen LogP contribution in [-0.4, -0.2) is 14.7 Å². The Morgan fingerprint density at radius 3 is 2.52 bits per heavy atom. The van der Waals surface area contributed by atoms with E-state index in [0.717, 1.165) is 22.2 Å². The predicted octanol–water partition coefficient (Wildman–Crippen LogP) is 3.69. The van der Waals surface area contributed by atoms with Gasteiger partial charge in [-0.25, -0.2) is 4.98 Å². The molecule has 3 aromatic rings. The van der Waals surface area contributed by atoms with Crippen LogP contribution in [-0.2, 0) is 6.54 Å². The van der Waals surface area contributed by atoms with E-state index >= 15 is 0 Å². The summed E-state index contributed by atoms with van der Waals surface area (Å²) in [5.74, 6) is 0.658. The first-order valence-electron chi connectivity index (χ1n) is 6.99. The third-order valence-corrected chi connectivity index (χ3v) is 3.47. The molecule has 106 valence electrons. The predicted molar refractivity (Wildman–Crippen MR) is 85.1 cm³/mol. The zero-order valence-corrected chi connectivity index (χ0v) is 12.0. The summed E-state index contributed by atoms with van der Waals surface area (Å²) in [7, 11) is 0. The van der Waals surface area contributed by atoms with Crippen molar-refractivity contribution in [1.29, 1.82) is 0 Å². The molecule has 0 aliphatic rings. The Bertz CT molecular complexity index is 774. The summed E-state index contributed by atoms with van der Waals surface area (Å²) >= 11 is 0. The normalized spacial score (nSPS) is 12.5. The third-order valence-electron chi connectivity index (χ3n) is 3.47. The molecule has 2 aromatic carbocycles. The van der Waals surface area contributed by atoms with Gasteiger partial charge in [0.2, 0.25) is 0 Å². The molecule has 3 heteroatoms. The van der Waals surface area contributed by atoms with Gasteiger partial charge in [0.1, 0.15) is 11.9 Å². The van der Waals surface area contributed by atoms with Gasteiger partial charge in [0, 0.05) is 6.54 Å². The largest absolute Gasteiger partial charge is 0.380 e. The van der Waals surface area contributed by atoms with Gasteiger partial charge in [-0.3, -0.25) is 0 Å². The van der Waals surface area contributed by atoms with Gasteiger partial charge in [-0.05, 0) is 24.6 Å². The van der Waals surface area contributed by atoms with Gasteiger partial charge in [-0.15, -0.1) is 0 Å². The molecule has 21 heavy (non-hydrogen) atoms. The monoisotopic (exact) mass is 278 g/mol. The highest BCUT2D eigenvalue weighted by Gasteiger charge is 2.19. The maximum atomic E-state index is 10.7. The molecular weight excluding hydrogens is 260 g/mol. The summed E-state index contributed by atoms with van der Waals surface area (Å²) in [6, 6.07) is 17.5. The van der Waals surface area contributed by atoms with Gasteiger partial charge in [-0.1, -0.05) is 54.6 Å². The molecular formula is C18H18N2O. The van der Waals surface area contributed by atoms with Crippen molar-refractivity contribution in [2.75, 3.05) is 0 Å². The SMILES string of the molecule is C=C(C)Cn1c(C(O)c2ccccc2)nc2ccccc21. The zero-order chi connectivity index (χ0) is 14.8. The molecule has 1 aromatic heterocycles. The van der Waals surface area contributed by atoms with Gasteiger partial charge in [0.25, 0.3) is 0 Å². The van der Waals surface area contributed by atoms with Crippen LogP contribution >= 0.6 is 0 Å². The lowest BCUT2D eigenvalue weighted by Gasteiger charge is -2.14. The smallest absolute Gasteiger partial charge is 0.143 e. The first kappa shape index (κ1) is 13.6. The number of imidazole rings is 1. The number of aliphatic hydroxyl groups excluding tert-OH is 1. The fraction of sp³-hybridized carbons (Fsp3) is 0.167. The molecule has 0 spiro atoms. The molecule has 0 aliphatic carbocycles. The first-order chi connectivity index (χ1) is 10.2. The second-order valence-corrected chi connectivity index (χ2v) is 5.32. The Morgan fingerprint density at radius 2 is 1.81 bits per heavy atom. The Morgan fingerprint density at radius 1 is 1.14 bits per heavy atom. The molecule has 0 fully saturated rings. The Balaban J connectivity index is 2.15. The van der Waals surface area contributed by atoms with Crippen LogP contribution in [0, 0.1) is 0 Å². The Labute approximate surface area is 124 Å². The molecule has 1 unspecified atom stereocenters. The van der Waals surface area contributed by atoms with Crippen LogP contribution in [0.15, 0.2) is 66.7 Å². The van der Waals surface area contributed by atoms with Crippen molar-refractivity contribution in [3.05, 3.63) is 78.1 Å². The second-order valence-electron chi connectivity index (χ2n) is 5.32. The van der Waals surface area contributed by atoms with Gasteiger partial charge < -0.3 is 9.67 Å². The molecule has 0 aliphatic heterocycles. The lowest BCUT2D eigenvalue weighted by molar-refractivity contribution is 0.206. The van der Waals surface area contributed by atoms with Crippen molar-refractivity contribution in [3.8, 4) is 0 Å². The number of nitrogens with zero attached hydrogens (tertiary/aromatic N) is 2. The van der Waals surface area contributed by atoms with Crippen molar-refractivity contribution in [3.63, 3.8) is 0 Å². The van der Waals surface area contributed by atoms with Crippen LogP contribution in [0.3, 0.4) is 0 Å². The van der Waals surface area contributed by atoms with E-state index in [2.05, 4.69) is 11.6 Å². The summed E-state index contributed by atoms with van der Waals surface area (Å²) in [5, 5.41) is 10.7. The van der Waals surface area contributed by atoms with Gasteiger partial charge >= 0.3 is 0 Å². The van der Waals surface area contributed by atoms with Crippen molar-refractivity contribution in [2.24, 2.45) is 0 Å². The van der Waals surface area contributed by atoms with Gasteiger partial charge in [0.15, 0.2) is 0 Å². The number of hydrogen-bond donors (Lipinski definition) is 1. The molecule has 3 rings (SSSR count). The number of benzene rings is 2. The van der Waals surface area contributed by atoms with Gasteiger partial charge in [0.05, 0.1) is 11.0 Å². The van der Waals surface area contributed by atoms with Crippen LogP contribution in [0.25, 0.3) is 11.0 Å². The minimum Gasteiger partial charge on any atom is -0.380 e. The molecule has 0 saturated carbocycles. The maximum Gasteiger partial charge on any atom is 0.143 e. The highest BCUT2D eigenvalue weighted by molar-refractivity contribution is 5.76. The number of hydrogen-bond acceptors (Lipinski definition) is 2. The molecule has 0 saturated heterocycles. The fourth-order valence-corrected chi connectivity index (χ4v) is 2.52. The van der Waals surface area contributed by atoms with Crippen molar-refractivity contribution in [1.82, 2.24) is 9.55 Å². The van der Waals surface area contributed by atoms with Crippen LogP contribution in [0.1, 0.15) is 24.4 Å². The van der Waals surface area contributed by atoms with E-state index in [1.165, 1.54) is 0 Å². The molecule has 0 bridgehead atoms. The third kappa shape index (κ3) is 2.60. The van der Waals surface area contributed by atoms with E-state index in [0.29, 0.717) is 12.4 Å². The number of aromatic nitrogens is 2. The number of rotatable bonds is 4. The van der Waals surface area contributed by atoms with Crippen LogP contribution in [0.4, 0.5) is 0 Å². The van der Waals surface area contributed by atoms with Crippen LogP contribution < -0.4 is 0 Å². The lowest BCUT2D eigenvalue weighted by atomic mass is 10.1. The van der Waals surface area contributed by atoms with Gasteiger partial charge in [-0.2, -0.15) is 0 Å². The van der Waals surface area contributed by atoms with Crippen LogP contribution in [0.2, 0.25) is 0 Å². The summed E-state index contributed by atoms with van der Waals surface area (Å²) in [4.78, 5) is 4.61. The Kier molecular flexibility index (Phi) is 3.59. The Hall–Kier alpha value is -2.39. The van der Waals surface area contributed by atoms with E-state index in [9.17, 15) is 5.11 Å². The fourth-order valence-electron chi connectivity index (χ4n) is 2.52. The molecule has 1 atom stereocenters. The second kappa shape index (κ2) is 5.54. The topological polar surface area (TPSA) is 38.0 Å². The number of para-hydroxylation sites is 2. The summed E-state index contributed by atoms with van der Waals surface area (Å²) < 4.78 is 2.04. The molecule has 0 radical (unpaired) electrons. The van der Waals surface area contributed by atoms with Crippen molar-refractivity contribution in [2.45, 2.75) is 19.6 Å². The van der Waals surface area contributed by atoms with E-state index < -0.39 is 6.10 Å². The maximum absolute atomic E-state index is 10.7. The summed E-state index contributed by atoms with van der Waals surface area (Å²) in [6.45, 7) is 6.61. The highest BCUT2D eigenvalue weighted by atomic mass is 16.3. The van der Waals surface area contributed by atoms with Crippen molar-refractivity contribution >= 4 is 11.0 Å². The average Bonchev–Trinajstić information content (AvgIpc) is 2.86. The van der Waals surface area contributed by atoms with E-state index in [4.69, 9.17) is 0 Å². The first-order valence-corrected chi connectivity index (χ1v) is 6.99. The number of allylic oxidation sites excluding steroid dienone is 1.